The topological polar surface area (TPSA) is 56.1 Å². The Balaban J connectivity index is 1.57. The maximum Gasteiger partial charge on any atom is 0.272 e. The molecule has 0 radical (unpaired) electrons. The summed E-state index contributed by atoms with van der Waals surface area (Å²) < 4.78 is 20.2. The van der Waals surface area contributed by atoms with E-state index in [9.17, 15) is 9.18 Å². The van der Waals surface area contributed by atoms with Crippen molar-refractivity contribution in [1.82, 2.24) is 15.1 Å². The van der Waals surface area contributed by atoms with Gasteiger partial charge in [-0.3, -0.25) is 4.79 Å². The highest BCUT2D eigenvalue weighted by Crippen LogP contribution is 2.28. The minimum absolute atomic E-state index is 0.197. The van der Waals surface area contributed by atoms with E-state index in [4.69, 9.17) is 4.74 Å². The largest absolute Gasteiger partial charge is 0.497 e. The molecule has 3 aromatic rings. The van der Waals surface area contributed by atoms with Crippen LogP contribution >= 0.6 is 0 Å². The number of fused-ring (bicyclic) bond motifs is 1. The molecule has 1 N–H and O–H groups in total. The third-order valence-corrected chi connectivity index (χ3v) is 4.80. The van der Waals surface area contributed by atoms with Gasteiger partial charge in [0.25, 0.3) is 5.91 Å². The van der Waals surface area contributed by atoms with E-state index >= 15 is 0 Å². The molecule has 0 bridgehead atoms. The van der Waals surface area contributed by atoms with E-state index in [1.165, 1.54) is 12.1 Å². The van der Waals surface area contributed by atoms with Gasteiger partial charge in [0.1, 0.15) is 11.6 Å². The van der Waals surface area contributed by atoms with Crippen LogP contribution in [0, 0.1) is 5.82 Å². The molecule has 0 fully saturated rings. The molecule has 4 rings (SSSR count). The minimum atomic E-state index is -0.293. The van der Waals surface area contributed by atoms with Crippen molar-refractivity contribution in [3.63, 3.8) is 0 Å². The van der Waals surface area contributed by atoms with E-state index in [1.54, 1.807) is 23.9 Å². The number of amides is 1. The average molecular weight is 365 g/mol. The van der Waals surface area contributed by atoms with Gasteiger partial charge in [-0.25, -0.2) is 9.07 Å². The van der Waals surface area contributed by atoms with Crippen LogP contribution < -0.4 is 10.1 Å². The maximum absolute atomic E-state index is 13.2. The number of methoxy groups -OCH3 is 1. The molecule has 1 aliphatic rings. The summed E-state index contributed by atoms with van der Waals surface area (Å²) in [4.78, 5) is 12.8. The van der Waals surface area contributed by atoms with Gasteiger partial charge in [0, 0.05) is 17.8 Å². The first-order valence-electron chi connectivity index (χ1n) is 8.93. The molecule has 5 nitrogen and oxygen atoms in total. The molecule has 0 spiro atoms. The molecule has 0 saturated carbocycles. The zero-order valence-electron chi connectivity index (χ0n) is 15.0. The van der Waals surface area contributed by atoms with Crippen molar-refractivity contribution in [3.8, 4) is 11.4 Å². The van der Waals surface area contributed by atoms with Crippen LogP contribution in [-0.4, -0.2) is 22.8 Å². The van der Waals surface area contributed by atoms with Crippen LogP contribution in [0.1, 0.15) is 33.7 Å². The molecular weight excluding hydrogens is 345 g/mol. The lowest BCUT2D eigenvalue weighted by molar-refractivity contribution is 0.0944. The number of nitrogens with one attached hydrogen (secondary N) is 1. The van der Waals surface area contributed by atoms with Crippen LogP contribution in [0.5, 0.6) is 5.75 Å². The molecule has 0 unspecified atom stereocenters. The van der Waals surface area contributed by atoms with Crippen LogP contribution in [0.4, 0.5) is 4.39 Å². The van der Waals surface area contributed by atoms with Gasteiger partial charge in [-0.1, -0.05) is 12.1 Å². The zero-order valence-corrected chi connectivity index (χ0v) is 15.0. The van der Waals surface area contributed by atoms with Crippen molar-refractivity contribution in [2.24, 2.45) is 0 Å². The SMILES string of the molecule is COc1cccc(CNC(=O)c2nn(-c3ccc(F)cc3)c3c2CCC3)c1. The summed E-state index contributed by atoms with van der Waals surface area (Å²) in [7, 11) is 1.61. The Hall–Kier alpha value is -3.15. The maximum atomic E-state index is 13.2. The van der Waals surface area contributed by atoms with Gasteiger partial charge < -0.3 is 10.1 Å². The third-order valence-electron chi connectivity index (χ3n) is 4.80. The van der Waals surface area contributed by atoms with Crippen LogP contribution in [0.25, 0.3) is 5.69 Å². The van der Waals surface area contributed by atoms with Crippen molar-refractivity contribution in [3.05, 3.63) is 76.9 Å². The molecule has 0 aliphatic heterocycles. The van der Waals surface area contributed by atoms with E-state index in [0.29, 0.717) is 12.2 Å². The van der Waals surface area contributed by atoms with E-state index in [0.717, 1.165) is 47.5 Å². The third kappa shape index (κ3) is 3.43. The zero-order chi connectivity index (χ0) is 18.8. The van der Waals surface area contributed by atoms with E-state index in [1.807, 2.05) is 24.3 Å². The number of hydrogen-bond donors (Lipinski definition) is 1. The lowest BCUT2D eigenvalue weighted by atomic mass is 10.1. The van der Waals surface area contributed by atoms with Crippen molar-refractivity contribution in [2.75, 3.05) is 7.11 Å². The van der Waals surface area contributed by atoms with Crippen LogP contribution in [0.3, 0.4) is 0 Å². The van der Waals surface area contributed by atoms with Crippen LogP contribution in [-0.2, 0) is 19.4 Å². The molecule has 27 heavy (non-hydrogen) atoms. The van der Waals surface area contributed by atoms with Gasteiger partial charge in [-0.05, 0) is 61.2 Å². The number of carbonyl (C=O) groups excluding carboxylic acids is 1. The van der Waals surface area contributed by atoms with Gasteiger partial charge in [-0.15, -0.1) is 0 Å². The normalized spacial score (nSPS) is 12.7. The standard InChI is InChI=1S/C21H20FN3O2/c1-27-17-5-2-4-14(12-17)13-23-21(26)20-18-6-3-7-19(18)25(24-20)16-10-8-15(22)9-11-16/h2,4-5,8-12H,3,6-7,13H2,1H3,(H,23,26). The van der Waals surface area contributed by atoms with Crippen LogP contribution in [0.15, 0.2) is 48.5 Å². The highest BCUT2D eigenvalue weighted by molar-refractivity contribution is 5.94. The van der Waals surface area contributed by atoms with Crippen molar-refractivity contribution in [2.45, 2.75) is 25.8 Å². The number of halogens is 1. The highest BCUT2D eigenvalue weighted by atomic mass is 19.1. The molecule has 1 aliphatic carbocycles. The Labute approximate surface area is 156 Å². The fourth-order valence-corrected chi connectivity index (χ4v) is 3.46. The van der Waals surface area contributed by atoms with Gasteiger partial charge in [-0.2, -0.15) is 5.10 Å². The van der Waals surface area contributed by atoms with Crippen LogP contribution in [0.2, 0.25) is 0 Å². The number of hydrogen-bond acceptors (Lipinski definition) is 3. The number of nitrogens with zero attached hydrogens (tertiary/aromatic N) is 2. The Morgan fingerprint density at radius 1 is 1.22 bits per heavy atom. The van der Waals surface area contributed by atoms with Gasteiger partial charge >= 0.3 is 0 Å². The number of aromatic nitrogens is 2. The summed E-state index contributed by atoms with van der Waals surface area (Å²) >= 11 is 0. The smallest absolute Gasteiger partial charge is 0.272 e. The number of ether oxygens (including phenoxy) is 1. The van der Waals surface area contributed by atoms with Crippen molar-refractivity contribution < 1.29 is 13.9 Å². The molecule has 6 heteroatoms. The summed E-state index contributed by atoms with van der Waals surface area (Å²) in [5, 5.41) is 7.48. The van der Waals surface area contributed by atoms with E-state index in [2.05, 4.69) is 10.4 Å². The Bertz CT molecular complexity index is 980. The van der Waals surface area contributed by atoms with E-state index in [-0.39, 0.29) is 11.7 Å². The molecule has 2 aromatic carbocycles. The first-order valence-corrected chi connectivity index (χ1v) is 8.93. The summed E-state index contributed by atoms with van der Waals surface area (Å²) in [5.74, 6) is 0.263. The van der Waals surface area contributed by atoms with Gasteiger partial charge in [0.05, 0.1) is 12.8 Å². The lowest BCUT2D eigenvalue weighted by Crippen LogP contribution is -2.24. The summed E-state index contributed by atoms with van der Waals surface area (Å²) in [6.07, 6.45) is 2.69. The summed E-state index contributed by atoms with van der Waals surface area (Å²) in [6.45, 7) is 0.397. The molecule has 1 aromatic heterocycles. The number of carbonyl (C=O) groups is 1. The Morgan fingerprint density at radius 3 is 2.81 bits per heavy atom. The fraction of sp³-hybridized carbons (Fsp3) is 0.238. The second-order valence-corrected chi connectivity index (χ2v) is 6.55. The number of benzene rings is 2. The first-order chi connectivity index (χ1) is 13.2. The molecule has 0 atom stereocenters. The molecule has 1 heterocycles. The predicted molar refractivity (Wildman–Crippen MR) is 99.7 cm³/mol. The second-order valence-electron chi connectivity index (χ2n) is 6.55. The van der Waals surface area contributed by atoms with Gasteiger partial charge in [0.2, 0.25) is 0 Å². The molecule has 1 amide bonds. The van der Waals surface area contributed by atoms with Crippen molar-refractivity contribution >= 4 is 5.91 Å². The second kappa shape index (κ2) is 7.23. The number of rotatable bonds is 5. The quantitative estimate of drug-likeness (QED) is 0.754. The molecule has 0 saturated heterocycles. The highest BCUT2D eigenvalue weighted by Gasteiger charge is 2.26. The molecular formula is C21H20FN3O2. The summed E-state index contributed by atoms with van der Waals surface area (Å²) in [6, 6.07) is 13.7. The minimum Gasteiger partial charge on any atom is -0.497 e. The fourth-order valence-electron chi connectivity index (χ4n) is 3.46. The Morgan fingerprint density at radius 2 is 2.04 bits per heavy atom. The summed E-state index contributed by atoms with van der Waals surface area (Å²) in [5.41, 5.74) is 4.20. The Kier molecular flexibility index (Phi) is 4.62. The van der Waals surface area contributed by atoms with E-state index < -0.39 is 0 Å². The lowest BCUT2D eigenvalue weighted by Gasteiger charge is -2.07. The van der Waals surface area contributed by atoms with Gasteiger partial charge in [0.15, 0.2) is 5.69 Å². The monoisotopic (exact) mass is 365 g/mol. The molecule has 138 valence electrons. The average Bonchev–Trinajstić information content (AvgIpc) is 3.30. The first kappa shape index (κ1) is 17.3. The predicted octanol–water partition coefficient (Wildman–Crippen LogP) is 3.44. The van der Waals surface area contributed by atoms with Crippen molar-refractivity contribution in [1.29, 1.82) is 0 Å².